The van der Waals surface area contributed by atoms with E-state index in [1.54, 1.807) is 0 Å². The van der Waals surface area contributed by atoms with Crippen LogP contribution in [-0.4, -0.2) is 16.7 Å². The zero-order valence-corrected chi connectivity index (χ0v) is 12.4. The fourth-order valence-electron chi connectivity index (χ4n) is 5.52. The van der Waals surface area contributed by atoms with Crippen molar-refractivity contribution in [1.82, 2.24) is 0 Å². The van der Waals surface area contributed by atoms with Crippen LogP contribution in [0.5, 0.6) is 0 Å². The lowest BCUT2D eigenvalue weighted by atomic mass is 9.59. The SMILES string of the molecule is O=C1[C@@H]2[C@@H]3CC[C@@H]([C@@H]4C[C@@H]43)[C@@H]2C(=O)N1c1ccc([N+](=O)[O-])cc1. The summed E-state index contributed by atoms with van der Waals surface area (Å²) >= 11 is 0. The molecule has 6 heteroatoms. The molecule has 4 saturated carbocycles. The summed E-state index contributed by atoms with van der Waals surface area (Å²) in [4.78, 5) is 37.4. The number of carbonyl (C=O) groups excluding carboxylic acids is 2. The number of imide groups is 1. The van der Waals surface area contributed by atoms with Gasteiger partial charge in [0.2, 0.25) is 11.8 Å². The number of non-ortho nitro benzene ring substituents is 1. The third-order valence-corrected chi connectivity index (χ3v) is 6.46. The van der Waals surface area contributed by atoms with Crippen molar-refractivity contribution in [2.45, 2.75) is 19.3 Å². The lowest BCUT2D eigenvalue weighted by Gasteiger charge is -2.42. The molecular weight excluding hydrogens is 296 g/mol. The second kappa shape index (κ2) is 4.19. The molecule has 1 heterocycles. The maximum Gasteiger partial charge on any atom is 0.269 e. The van der Waals surface area contributed by atoms with E-state index >= 15 is 0 Å². The van der Waals surface area contributed by atoms with Crippen LogP contribution in [0.25, 0.3) is 0 Å². The first-order valence-corrected chi connectivity index (χ1v) is 8.20. The summed E-state index contributed by atoms with van der Waals surface area (Å²) in [6.45, 7) is 0. The second-order valence-corrected chi connectivity index (χ2v) is 7.31. The number of anilines is 1. The van der Waals surface area contributed by atoms with Gasteiger partial charge in [-0.2, -0.15) is 0 Å². The minimum Gasteiger partial charge on any atom is -0.274 e. The van der Waals surface area contributed by atoms with E-state index in [9.17, 15) is 19.7 Å². The van der Waals surface area contributed by atoms with E-state index in [1.807, 2.05) is 0 Å². The molecule has 2 bridgehead atoms. The smallest absolute Gasteiger partial charge is 0.269 e. The van der Waals surface area contributed by atoms with Crippen LogP contribution in [0.2, 0.25) is 0 Å². The van der Waals surface area contributed by atoms with Gasteiger partial charge in [0, 0.05) is 12.1 Å². The highest BCUT2D eigenvalue weighted by atomic mass is 16.6. The van der Waals surface area contributed by atoms with Crippen LogP contribution in [0.3, 0.4) is 0 Å². The molecule has 118 valence electrons. The molecule has 0 unspecified atom stereocenters. The molecule has 5 aliphatic rings. The van der Waals surface area contributed by atoms with Crippen molar-refractivity contribution in [2.75, 3.05) is 4.90 Å². The number of amides is 2. The number of hydrogen-bond acceptors (Lipinski definition) is 4. The maximum absolute atomic E-state index is 12.9. The van der Waals surface area contributed by atoms with Crippen molar-refractivity contribution in [3.63, 3.8) is 0 Å². The van der Waals surface area contributed by atoms with E-state index in [4.69, 9.17) is 0 Å². The van der Waals surface area contributed by atoms with Crippen LogP contribution >= 0.6 is 0 Å². The largest absolute Gasteiger partial charge is 0.274 e. The number of benzene rings is 1. The Bertz CT molecular complexity index is 709. The molecule has 6 rings (SSSR count). The van der Waals surface area contributed by atoms with Gasteiger partial charge in [-0.05, 0) is 55.1 Å². The summed E-state index contributed by atoms with van der Waals surface area (Å²) in [6, 6.07) is 5.72. The Labute approximate surface area is 132 Å². The lowest BCUT2D eigenvalue weighted by molar-refractivity contribution is -0.384. The van der Waals surface area contributed by atoms with Gasteiger partial charge < -0.3 is 0 Å². The Morgan fingerprint density at radius 2 is 1.43 bits per heavy atom. The fourth-order valence-corrected chi connectivity index (χ4v) is 5.52. The van der Waals surface area contributed by atoms with Crippen molar-refractivity contribution in [2.24, 2.45) is 35.5 Å². The maximum atomic E-state index is 12.9. The van der Waals surface area contributed by atoms with Crippen molar-refractivity contribution in [3.8, 4) is 0 Å². The van der Waals surface area contributed by atoms with Crippen LogP contribution < -0.4 is 4.90 Å². The van der Waals surface area contributed by atoms with E-state index in [0.717, 1.165) is 12.8 Å². The molecule has 23 heavy (non-hydrogen) atoms. The molecule has 1 saturated heterocycles. The highest BCUT2D eigenvalue weighted by Crippen LogP contribution is 2.68. The third kappa shape index (κ3) is 1.58. The highest BCUT2D eigenvalue weighted by molar-refractivity contribution is 6.22. The molecule has 6 atom stereocenters. The Morgan fingerprint density at radius 3 is 1.91 bits per heavy atom. The molecule has 1 aromatic rings. The van der Waals surface area contributed by atoms with Gasteiger partial charge >= 0.3 is 0 Å². The third-order valence-electron chi connectivity index (χ3n) is 6.46. The second-order valence-electron chi connectivity index (χ2n) is 7.31. The topological polar surface area (TPSA) is 80.5 Å². The average Bonchev–Trinajstić information content (AvgIpc) is 3.32. The Balaban J connectivity index is 1.52. The van der Waals surface area contributed by atoms with Gasteiger partial charge in [0.1, 0.15) is 0 Å². The zero-order valence-electron chi connectivity index (χ0n) is 12.4. The van der Waals surface area contributed by atoms with Crippen LogP contribution in [0.4, 0.5) is 11.4 Å². The minimum absolute atomic E-state index is 0.0356. The Morgan fingerprint density at radius 1 is 0.913 bits per heavy atom. The molecule has 6 nitrogen and oxygen atoms in total. The van der Waals surface area contributed by atoms with Crippen molar-refractivity contribution in [3.05, 3.63) is 34.4 Å². The van der Waals surface area contributed by atoms with Gasteiger partial charge in [-0.1, -0.05) is 0 Å². The van der Waals surface area contributed by atoms with E-state index in [0.29, 0.717) is 29.4 Å². The van der Waals surface area contributed by atoms with E-state index in [1.165, 1.54) is 35.6 Å². The van der Waals surface area contributed by atoms with Crippen molar-refractivity contribution < 1.29 is 14.5 Å². The molecule has 1 aliphatic heterocycles. The molecule has 0 aromatic heterocycles. The quantitative estimate of drug-likeness (QED) is 0.477. The van der Waals surface area contributed by atoms with Gasteiger partial charge in [0.15, 0.2) is 0 Å². The summed E-state index contributed by atoms with van der Waals surface area (Å²) in [7, 11) is 0. The average molecular weight is 312 g/mol. The van der Waals surface area contributed by atoms with Crippen molar-refractivity contribution in [1.29, 1.82) is 0 Å². The fraction of sp³-hybridized carbons (Fsp3) is 0.529. The molecule has 5 fully saturated rings. The van der Waals surface area contributed by atoms with Crippen molar-refractivity contribution >= 4 is 23.2 Å². The monoisotopic (exact) mass is 312 g/mol. The number of fused-ring (bicyclic) bond motifs is 1. The number of rotatable bonds is 2. The lowest BCUT2D eigenvalue weighted by Crippen LogP contribution is -2.43. The summed E-state index contributed by atoms with van der Waals surface area (Å²) in [6.07, 6.45) is 3.33. The molecule has 0 N–H and O–H groups in total. The summed E-state index contributed by atoms with van der Waals surface area (Å²) < 4.78 is 0. The van der Waals surface area contributed by atoms with Crippen LogP contribution in [0.1, 0.15) is 19.3 Å². The highest BCUT2D eigenvalue weighted by Gasteiger charge is 2.68. The van der Waals surface area contributed by atoms with Gasteiger partial charge in [-0.15, -0.1) is 0 Å². The first-order chi connectivity index (χ1) is 11.1. The molecule has 1 aromatic carbocycles. The van der Waals surface area contributed by atoms with Gasteiger partial charge in [0.25, 0.3) is 5.69 Å². The molecular formula is C17H16N2O4. The van der Waals surface area contributed by atoms with Crippen LogP contribution in [0, 0.1) is 45.6 Å². The molecule has 0 spiro atoms. The molecule has 4 aliphatic carbocycles. The summed E-state index contributed by atoms with van der Waals surface area (Å²) in [5, 5.41) is 10.8. The first kappa shape index (κ1) is 13.2. The Hall–Kier alpha value is -2.24. The molecule has 0 radical (unpaired) electrons. The number of nitro benzene ring substituents is 1. The standard InChI is InChI=1S/C17H16N2O4/c20-16-14-10-5-6-11(13-7-12(10)13)15(14)17(21)18(16)8-1-3-9(4-2-8)19(22)23/h1-4,10-15H,5-7H2/t10-,11+,12-,13+,14-,15+. The van der Waals surface area contributed by atoms with Gasteiger partial charge in [-0.3, -0.25) is 24.6 Å². The number of nitro groups is 1. The van der Waals surface area contributed by atoms with E-state index in [-0.39, 0.29) is 29.3 Å². The summed E-state index contributed by atoms with van der Waals surface area (Å²) in [5.74, 6) is 1.57. The Kier molecular flexibility index (Phi) is 2.41. The van der Waals surface area contributed by atoms with Gasteiger partial charge in [0.05, 0.1) is 22.4 Å². The normalized spacial score (nSPS) is 40.1. The number of nitrogens with zero attached hydrogens (tertiary/aromatic N) is 2. The van der Waals surface area contributed by atoms with E-state index in [2.05, 4.69) is 0 Å². The minimum atomic E-state index is -0.481. The predicted octanol–water partition coefficient (Wildman–Crippen LogP) is 2.38. The number of carbonyl (C=O) groups is 2. The van der Waals surface area contributed by atoms with Crippen LogP contribution in [0.15, 0.2) is 24.3 Å². The zero-order chi connectivity index (χ0) is 15.9. The molecule has 2 amide bonds. The van der Waals surface area contributed by atoms with E-state index < -0.39 is 4.92 Å². The first-order valence-electron chi connectivity index (χ1n) is 8.20. The summed E-state index contributed by atoms with van der Waals surface area (Å²) in [5.41, 5.74) is 0.430. The predicted molar refractivity (Wildman–Crippen MR) is 80.4 cm³/mol. The van der Waals surface area contributed by atoms with Crippen LogP contribution in [-0.2, 0) is 9.59 Å². The van der Waals surface area contributed by atoms with Gasteiger partial charge in [-0.25, -0.2) is 0 Å². The number of hydrogen-bond donors (Lipinski definition) is 0.